The first kappa shape index (κ1) is 14.0. The van der Waals surface area contributed by atoms with Crippen LogP contribution in [0.2, 0.25) is 0 Å². The second-order valence-electron chi connectivity index (χ2n) is 4.48. The highest BCUT2D eigenvalue weighted by Crippen LogP contribution is 2.22. The summed E-state index contributed by atoms with van der Waals surface area (Å²) >= 11 is 1.65. The van der Waals surface area contributed by atoms with Gasteiger partial charge in [0.05, 0.1) is 4.92 Å². The van der Waals surface area contributed by atoms with Crippen molar-refractivity contribution in [2.45, 2.75) is 19.4 Å². The van der Waals surface area contributed by atoms with Gasteiger partial charge in [-0.15, -0.1) is 0 Å². The predicted octanol–water partition coefficient (Wildman–Crippen LogP) is 3.57. The van der Waals surface area contributed by atoms with Gasteiger partial charge in [-0.1, -0.05) is 0 Å². The summed E-state index contributed by atoms with van der Waals surface area (Å²) in [6.07, 6.45) is 0.863. The van der Waals surface area contributed by atoms with Crippen LogP contribution in [-0.2, 0) is 6.42 Å². The van der Waals surface area contributed by atoms with Gasteiger partial charge in [0, 0.05) is 17.8 Å². The molecular weight excluding hydrogens is 274 g/mol. The van der Waals surface area contributed by atoms with Gasteiger partial charge in [0.15, 0.2) is 0 Å². The van der Waals surface area contributed by atoms with Crippen LogP contribution in [0.1, 0.15) is 18.1 Å². The molecule has 20 heavy (non-hydrogen) atoms. The fraction of sp³-hybridized carbons (Fsp3) is 0.214. The largest absolute Gasteiger partial charge is 0.382 e. The summed E-state index contributed by atoms with van der Waals surface area (Å²) in [5.74, 6) is 0. The van der Waals surface area contributed by atoms with Crippen LogP contribution in [0.25, 0.3) is 0 Å². The maximum atomic E-state index is 10.8. The van der Waals surface area contributed by atoms with Crippen LogP contribution in [0, 0.1) is 21.4 Å². The zero-order chi connectivity index (χ0) is 14.5. The molecule has 1 aromatic carbocycles. The molecule has 1 unspecified atom stereocenters. The Labute approximate surface area is 120 Å². The topological polar surface area (TPSA) is 79.0 Å². The molecule has 0 saturated heterocycles. The second kappa shape index (κ2) is 6.17. The van der Waals surface area contributed by atoms with Crippen LogP contribution in [0.5, 0.6) is 0 Å². The molecule has 0 amide bonds. The van der Waals surface area contributed by atoms with Crippen molar-refractivity contribution >= 4 is 22.7 Å². The molecule has 0 bridgehead atoms. The van der Waals surface area contributed by atoms with E-state index in [1.807, 2.05) is 18.4 Å². The Morgan fingerprint density at radius 3 is 2.90 bits per heavy atom. The maximum absolute atomic E-state index is 10.8. The first-order valence-corrected chi connectivity index (χ1v) is 7.00. The van der Waals surface area contributed by atoms with Gasteiger partial charge < -0.3 is 5.32 Å². The van der Waals surface area contributed by atoms with E-state index in [1.165, 1.54) is 17.7 Å². The predicted molar refractivity (Wildman–Crippen MR) is 78.9 cm³/mol. The van der Waals surface area contributed by atoms with E-state index in [2.05, 4.69) is 16.8 Å². The van der Waals surface area contributed by atoms with E-state index in [0.29, 0.717) is 0 Å². The lowest BCUT2D eigenvalue weighted by Gasteiger charge is -2.14. The van der Waals surface area contributed by atoms with E-state index in [-0.39, 0.29) is 17.3 Å². The molecule has 1 atom stereocenters. The van der Waals surface area contributed by atoms with E-state index in [9.17, 15) is 10.1 Å². The average Bonchev–Trinajstić information content (AvgIpc) is 2.90. The van der Waals surface area contributed by atoms with Crippen LogP contribution >= 0.6 is 11.3 Å². The molecule has 2 aromatic rings. The smallest absolute Gasteiger partial charge is 0.287 e. The van der Waals surface area contributed by atoms with Crippen LogP contribution in [0.15, 0.2) is 35.0 Å². The van der Waals surface area contributed by atoms with Crippen molar-refractivity contribution in [3.63, 3.8) is 0 Å². The molecule has 0 fully saturated rings. The Balaban J connectivity index is 2.10. The van der Waals surface area contributed by atoms with Crippen LogP contribution < -0.4 is 5.32 Å². The van der Waals surface area contributed by atoms with E-state index < -0.39 is 4.92 Å². The summed E-state index contributed by atoms with van der Waals surface area (Å²) in [6.45, 7) is 2.03. The summed E-state index contributed by atoms with van der Waals surface area (Å²) in [4.78, 5) is 10.2. The van der Waals surface area contributed by atoms with E-state index in [0.717, 1.165) is 12.1 Å². The fourth-order valence-electron chi connectivity index (χ4n) is 1.97. The van der Waals surface area contributed by atoms with Gasteiger partial charge in [0.25, 0.3) is 5.69 Å². The van der Waals surface area contributed by atoms with E-state index in [4.69, 9.17) is 5.26 Å². The number of hydrogen-bond acceptors (Lipinski definition) is 5. The summed E-state index contributed by atoms with van der Waals surface area (Å²) in [7, 11) is 0. The molecule has 5 nitrogen and oxygen atoms in total. The Morgan fingerprint density at radius 1 is 1.50 bits per heavy atom. The molecule has 0 aliphatic rings. The monoisotopic (exact) mass is 287 g/mol. The molecule has 0 spiro atoms. The zero-order valence-electron chi connectivity index (χ0n) is 10.9. The van der Waals surface area contributed by atoms with Gasteiger partial charge in [-0.2, -0.15) is 16.6 Å². The molecule has 2 rings (SSSR count). The minimum atomic E-state index is -0.545. The maximum Gasteiger partial charge on any atom is 0.287 e. The molecule has 1 heterocycles. The summed E-state index contributed by atoms with van der Waals surface area (Å²) < 4.78 is 0. The van der Waals surface area contributed by atoms with Crippen molar-refractivity contribution in [2.75, 3.05) is 5.32 Å². The molecule has 1 aromatic heterocycles. The summed E-state index contributed by atoms with van der Waals surface area (Å²) in [5, 5.41) is 27.1. The Kier molecular flexibility index (Phi) is 4.33. The first-order valence-electron chi connectivity index (χ1n) is 6.06. The van der Waals surface area contributed by atoms with E-state index >= 15 is 0 Å². The molecular formula is C14H13N3O2S. The number of thiophene rings is 1. The normalized spacial score (nSPS) is 11.6. The van der Waals surface area contributed by atoms with Gasteiger partial charge in [0.2, 0.25) is 0 Å². The quantitative estimate of drug-likeness (QED) is 0.673. The van der Waals surface area contributed by atoms with Crippen molar-refractivity contribution in [2.24, 2.45) is 0 Å². The minimum Gasteiger partial charge on any atom is -0.382 e. The van der Waals surface area contributed by atoms with Crippen LogP contribution in [0.3, 0.4) is 0 Å². The first-order chi connectivity index (χ1) is 9.60. The minimum absolute atomic E-state index is 0.0720. The molecule has 1 N–H and O–H groups in total. The lowest BCUT2D eigenvalue weighted by Crippen LogP contribution is -2.17. The van der Waals surface area contributed by atoms with Crippen molar-refractivity contribution in [3.05, 3.63) is 56.3 Å². The number of nitro groups is 1. The number of nitrogens with zero attached hydrogens (tertiary/aromatic N) is 2. The highest BCUT2D eigenvalue weighted by molar-refractivity contribution is 7.07. The second-order valence-corrected chi connectivity index (χ2v) is 5.26. The lowest BCUT2D eigenvalue weighted by atomic mass is 10.1. The zero-order valence-corrected chi connectivity index (χ0v) is 11.7. The number of nitriles is 1. The lowest BCUT2D eigenvalue weighted by molar-refractivity contribution is -0.385. The number of nitrogens with one attached hydrogen (secondary N) is 1. The third-order valence-corrected chi connectivity index (χ3v) is 3.58. The molecule has 0 saturated carbocycles. The van der Waals surface area contributed by atoms with Crippen molar-refractivity contribution in [1.29, 1.82) is 5.26 Å². The molecule has 0 radical (unpaired) electrons. The number of rotatable bonds is 5. The Morgan fingerprint density at radius 2 is 2.30 bits per heavy atom. The fourth-order valence-corrected chi connectivity index (χ4v) is 2.65. The van der Waals surface area contributed by atoms with Crippen molar-refractivity contribution < 1.29 is 4.92 Å². The SMILES string of the molecule is CC(Cc1ccsc1)Nc1ccc([N+](=O)[O-])c(C#N)c1. The highest BCUT2D eigenvalue weighted by Gasteiger charge is 2.14. The van der Waals surface area contributed by atoms with Gasteiger partial charge in [-0.25, -0.2) is 0 Å². The van der Waals surface area contributed by atoms with Gasteiger partial charge in [0.1, 0.15) is 11.6 Å². The molecule has 0 aliphatic heterocycles. The number of nitro benzene ring substituents is 1. The summed E-state index contributed by atoms with van der Waals surface area (Å²) in [6, 6.07) is 8.61. The standard InChI is InChI=1S/C14H13N3O2S/c1-10(6-11-4-5-20-9-11)16-13-2-3-14(17(18)19)12(7-13)8-15/h2-5,7,9-10,16H,6H2,1H3. The Bertz CT molecular complexity index is 647. The number of anilines is 1. The van der Waals surface area contributed by atoms with Crippen molar-refractivity contribution in [1.82, 2.24) is 0 Å². The number of benzene rings is 1. The summed E-state index contributed by atoms with van der Waals surface area (Å²) in [5.41, 5.74) is 1.87. The van der Waals surface area contributed by atoms with Crippen molar-refractivity contribution in [3.8, 4) is 6.07 Å². The average molecular weight is 287 g/mol. The Hall–Kier alpha value is -2.39. The van der Waals surface area contributed by atoms with Gasteiger partial charge in [-0.05, 0) is 47.9 Å². The van der Waals surface area contributed by atoms with Gasteiger partial charge in [-0.3, -0.25) is 10.1 Å². The number of hydrogen-bond donors (Lipinski definition) is 1. The van der Waals surface area contributed by atoms with E-state index in [1.54, 1.807) is 17.4 Å². The van der Waals surface area contributed by atoms with Crippen LogP contribution in [0.4, 0.5) is 11.4 Å². The highest BCUT2D eigenvalue weighted by atomic mass is 32.1. The third kappa shape index (κ3) is 3.33. The third-order valence-electron chi connectivity index (χ3n) is 2.85. The van der Waals surface area contributed by atoms with Crippen LogP contribution in [-0.4, -0.2) is 11.0 Å². The molecule has 0 aliphatic carbocycles. The molecule has 6 heteroatoms. The molecule has 102 valence electrons. The van der Waals surface area contributed by atoms with Gasteiger partial charge >= 0.3 is 0 Å².